The van der Waals surface area contributed by atoms with E-state index in [1.165, 1.54) is 16.3 Å². The van der Waals surface area contributed by atoms with Crippen molar-refractivity contribution in [3.8, 4) is 0 Å². The van der Waals surface area contributed by atoms with E-state index in [-0.39, 0.29) is 0 Å². The molecule has 0 fully saturated rings. The van der Waals surface area contributed by atoms with E-state index in [4.69, 9.17) is 4.42 Å². The number of rotatable bonds is 1. The van der Waals surface area contributed by atoms with Crippen LogP contribution in [0, 0.1) is 6.92 Å². The van der Waals surface area contributed by atoms with Gasteiger partial charge in [-0.2, -0.15) is 12.6 Å². The van der Waals surface area contributed by atoms with E-state index in [1.54, 1.807) is 0 Å². The summed E-state index contributed by atoms with van der Waals surface area (Å²) in [7, 11) is 0. The Labute approximate surface area is 99.5 Å². The Morgan fingerprint density at radius 3 is 2.44 bits per heavy atom. The van der Waals surface area contributed by atoms with Crippen LogP contribution in [0.2, 0.25) is 0 Å². The highest BCUT2D eigenvalue weighted by molar-refractivity contribution is 7.79. The lowest BCUT2D eigenvalue weighted by Gasteiger charge is -1.95. The first-order valence-electron chi connectivity index (χ1n) is 5.32. The molecule has 0 saturated heterocycles. The number of hydrogen-bond donors (Lipinski definition) is 1. The fourth-order valence-corrected chi connectivity index (χ4v) is 2.39. The first-order chi connectivity index (χ1) is 7.81. The largest absolute Gasteiger partial charge is 0.455 e. The molecular weight excluding hydrogens is 216 g/mol. The standard InChI is InChI=1S/C14H12OS/c1-9-4-2-6-11-12-7-3-5-10(8-16)14(12)15-13(9)11/h2-7,16H,8H2,1H3. The SMILES string of the molecule is Cc1cccc2c1oc1c(CS)cccc12. The minimum atomic E-state index is 0.705. The summed E-state index contributed by atoms with van der Waals surface area (Å²) in [6.45, 7) is 2.07. The first-order valence-corrected chi connectivity index (χ1v) is 5.95. The van der Waals surface area contributed by atoms with Gasteiger partial charge < -0.3 is 4.42 Å². The monoisotopic (exact) mass is 228 g/mol. The molecule has 2 aromatic carbocycles. The van der Waals surface area contributed by atoms with E-state index in [0.717, 1.165) is 16.7 Å². The minimum Gasteiger partial charge on any atom is -0.455 e. The second-order valence-corrected chi connectivity index (χ2v) is 4.32. The number of furan rings is 1. The summed E-state index contributed by atoms with van der Waals surface area (Å²) >= 11 is 4.33. The predicted octanol–water partition coefficient (Wildman–Crippen LogP) is 4.32. The van der Waals surface area contributed by atoms with Gasteiger partial charge in [-0.05, 0) is 12.5 Å². The van der Waals surface area contributed by atoms with E-state index in [1.807, 2.05) is 0 Å². The van der Waals surface area contributed by atoms with Crippen LogP contribution in [0.5, 0.6) is 0 Å². The molecule has 1 heterocycles. The van der Waals surface area contributed by atoms with Gasteiger partial charge in [-0.25, -0.2) is 0 Å². The van der Waals surface area contributed by atoms with Crippen molar-refractivity contribution in [2.75, 3.05) is 0 Å². The van der Waals surface area contributed by atoms with Gasteiger partial charge in [-0.3, -0.25) is 0 Å². The lowest BCUT2D eigenvalue weighted by molar-refractivity contribution is 0.662. The van der Waals surface area contributed by atoms with Crippen molar-refractivity contribution in [1.29, 1.82) is 0 Å². The van der Waals surface area contributed by atoms with Gasteiger partial charge in [-0.1, -0.05) is 36.4 Å². The van der Waals surface area contributed by atoms with Crippen LogP contribution in [-0.2, 0) is 5.75 Å². The molecule has 0 aliphatic heterocycles. The van der Waals surface area contributed by atoms with Crippen molar-refractivity contribution in [2.24, 2.45) is 0 Å². The Kier molecular flexibility index (Phi) is 2.18. The van der Waals surface area contributed by atoms with Crippen molar-refractivity contribution >= 4 is 34.6 Å². The van der Waals surface area contributed by atoms with Crippen LogP contribution in [0.3, 0.4) is 0 Å². The minimum absolute atomic E-state index is 0.705. The molecule has 0 aliphatic carbocycles. The average Bonchev–Trinajstić information content (AvgIpc) is 2.69. The molecule has 0 aliphatic rings. The smallest absolute Gasteiger partial charge is 0.139 e. The van der Waals surface area contributed by atoms with E-state index in [9.17, 15) is 0 Å². The van der Waals surface area contributed by atoms with Crippen LogP contribution in [0.15, 0.2) is 40.8 Å². The maximum absolute atomic E-state index is 5.96. The fourth-order valence-electron chi connectivity index (χ4n) is 2.14. The highest BCUT2D eigenvalue weighted by atomic mass is 32.1. The topological polar surface area (TPSA) is 13.1 Å². The van der Waals surface area contributed by atoms with Crippen molar-refractivity contribution in [2.45, 2.75) is 12.7 Å². The summed E-state index contributed by atoms with van der Waals surface area (Å²) in [5.41, 5.74) is 4.30. The molecular formula is C14H12OS. The van der Waals surface area contributed by atoms with E-state index in [0.29, 0.717) is 5.75 Å². The molecule has 0 radical (unpaired) electrons. The molecule has 3 aromatic rings. The number of hydrogen-bond acceptors (Lipinski definition) is 2. The predicted molar refractivity (Wildman–Crippen MR) is 71.1 cm³/mol. The second-order valence-electron chi connectivity index (χ2n) is 4.01. The Hall–Kier alpha value is -1.41. The molecule has 0 N–H and O–H groups in total. The molecule has 0 amide bonds. The number of thiol groups is 1. The summed E-state index contributed by atoms with van der Waals surface area (Å²) in [6, 6.07) is 12.5. The van der Waals surface area contributed by atoms with Gasteiger partial charge in [0.05, 0.1) is 0 Å². The third kappa shape index (κ3) is 1.26. The van der Waals surface area contributed by atoms with Crippen LogP contribution < -0.4 is 0 Å². The Balaban J connectivity index is 2.55. The van der Waals surface area contributed by atoms with Gasteiger partial charge in [0, 0.05) is 22.1 Å². The Bertz CT molecular complexity index is 667. The first kappa shape index (κ1) is 9.79. The van der Waals surface area contributed by atoms with Gasteiger partial charge in [0.25, 0.3) is 0 Å². The van der Waals surface area contributed by atoms with Crippen molar-refractivity contribution in [1.82, 2.24) is 0 Å². The molecule has 80 valence electrons. The zero-order valence-electron chi connectivity index (χ0n) is 9.03. The molecule has 0 saturated carbocycles. The number of aryl methyl sites for hydroxylation is 1. The summed E-state index contributed by atoms with van der Waals surface area (Å²) in [5.74, 6) is 0.705. The molecule has 0 unspecified atom stereocenters. The third-order valence-electron chi connectivity index (χ3n) is 2.97. The van der Waals surface area contributed by atoms with Crippen LogP contribution in [0.1, 0.15) is 11.1 Å². The van der Waals surface area contributed by atoms with Crippen molar-refractivity contribution in [3.63, 3.8) is 0 Å². The maximum atomic E-state index is 5.96. The van der Waals surface area contributed by atoms with E-state index >= 15 is 0 Å². The van der Waals surface area contributed by atoms with Gasteiger partial charge >= 0.3 is 0 Å². The number of para-hydroxylation sites is 2. The number of fused-ring (bicyclic) bond motifs is 3. The summed E-state index contributed by atoms with van der Waals surface area (Å²) in [5, 5.41) is 2.38. The van der Waals surface area contributed by atoms with E-state index < -0.39 is 0 Å². The molecule has 1 aromatic heterocycles. The molecule has 0 bridgehead atoms. The molecule has 0 atom stereocenters. The van der Waals surface area contributed by atoms with E-state index in [2.05, 4.69) is 56.0 Å². The quantitative estimate of drug-likeness (QED) is 0.612. The molecule has 2 heteroatoms. The lowest BCUT2D eigenvalue weighted by Crippen LogP contribution is -1.76. The average molecular weight is 228 g/mol. The van der Waals surface area contributed by atoms with Crippen molar-refractivity contribution < 1.29 is 4.42 Å². The highest BCUT2D eigenvalue weighted by Crippen LogP contribution is 2.32. The summed E-state index contributed by atoms with van der Waals surface area (Å²) in [4.78, 5) is 0. The van der Waals surface area contributed by atoms with Gasteiger partial charge in [0.1, 0.15) is 11.2 Å². The zero-order chi connectivity index (χ0) is 11.1. The van der Waals surface area contributed by atoms with Crippen LogP contribution >= 0.6 is 12.6 Å². The molecule has 1 nitrogen and oxygen atoms in total. The molecule has 0 spiro atoms. The van der Waals surface area contributed by atoms with Crippen LogP contribution in [-0.4, -0.2) is 0 Å². The molecule has 16 heavy (non-hydrogen) atoms. The van der Waals surface area contributed by atoms with Gasteiger partial charge in [0.2, 0.25) is 0 Å². The van der Waals surface area contributed by atoms with Crippen LogP contribution in [0.25, 0.3) is 21.9 Å². The van der Waals surface area contributed by atoms with Gasteiger partial charge in [-0.15, -0.1) is 0 Å². The summed E-state index contributed by atoms with van der Waals surface area (Å²) < 4.78 is 5.96. The Morgan fingerprint density at radius 1 is 1.00 bits per heavy atom. The second kappa shape index (κ2) is 3.56. The summed E-state index contributed by atoms with van der Waals surface area (Å²) in [6.07, 6.45) is 0. The fraction of sp³-hybridized carbons (Fsp3) is 0.143. The third-order valence-corrected chi connectivity index (χ3v) is 3.31. The number of benzene rings is 2. The normalized spacial score (nSPS) is 11.4. The van der Waals surface area contributed by atoms with Gasteiger partial charge in [0.15, 0.2) is 0 Å². The van der Waals surface area contributed by atoms with Crippen LogP contribution in [0.4, 0.5) is 0 Å². The molecule has 3 rings (SSSR count). The zero-order valence-corrected chi connectivity index (χ0v) is 9.92. The lowest BCUT2D eigenvalue weighted by atomic mass is 10.1. The van der Waals surface area contributed by atoms with Crippen molar-refractivity contribution in [3.05, 3.63) is 47.5 Å². The highest BCUT2D eigenvalue weighted by Gasteiger charge is 2.10. The maximum Gasteiger partial charge on any atom is 0.139 e. The Morgan fingerprint density at radius 2 is 1.69 bits per heavy atom.